The Balaban J connectivity index is 2.45. The molecule has 0 spiro atoms. The van der Waals surface area contributed by atoms with Gasteiger partial charge in [-0.25, -0.2) is 4.98 Å². The Labute approximate surface area is 90.3 Å². The fraction of sp³-hybridized carbons (Fsp3) is 0.400. The highest BCUT2D eigenvalue weighted by atomic mass is 79.9. The first-order valence-electron chi connectivity index (χ1n) is 4.76. The summed E-state index contributed by atoms with van der Waals surface area (Å²) in [5.74, 6) is 0. The molecule has 0 radical (unpaired) electrons. The molecule has 2 aromatic rings. The van der Waals surface area contributed by atoms with Crippen LogP contribution in [0.1, 0.15) is 17.7 Å². The molecule has 4 heteroatoms. The average Bonchev–Trinajstić information content (AvgIpc) is 2.75. The Bertz CT molecular complexity index is 516. The molecular formula is C10H10BrN3. The van der Waals surface area contributed by atoms with E-state index in [2.05, 4.69) is 26.0 Å². The third-order valence-corrected chi connectivity index (χ3v) is 3.74. The molecule has 2 heterocycles. The first-order chi connectivity index (χ1) is 6.77. The van der Waals surface area contributed by atoms with Gasteiger partial charge in [0.05, 0.1) is 11.6 Å². The number of rotatable bonds is 0. The lowest BCUT2D eigenvalue weighted by Gasteiger charge is -2.03. The Morgan fingerprint density at radius 1 is 1.43 bits per heavy atom. The summed E-state index contributed by atoms with van der Waals surface area (Å²) in [4.78, 5) is 4.65. The van der Waals surface area contributed by atoms with Crippen molar-refractivity contribution in [1.29, 1.82) is 0 Å². The van der Waals surface area contributed by atoms with Crippen LogP contribution < -0.4 is 0 Å². The molecular weight excluding hydrogens is 242 g/mol. The highest BCUT2D eigenvalue weighted by Gasteiger charge is 2.19. The molecule has 3 nitrogen and oxygen atoms in total. The van der Waals surface area contributed by atoms with E-state index in [1.54, 1.807) is 0 Å². The van der Waals surface area contributed by atoms with Crippen LogP contribution in [0.15, 0.2) is 10.7 Å². The minimum Gasteiger partial charge on any atom is -0.250 e. The lowest BCUT2D eigenvalue weighted by atomic mass is 10.2. The van der Waals surface area contributed by atoms with Gasteiger partial charge in [-0.2, -0.15) is 5.10 Å². The molecule has 3 rings (SSSR count). The van der Waals surface area contributed by atoms with Crippen LogP contribution in [0.3, 0.4) is 0 Å². The zero-order valence-electron chi connectivity index (χ0n) is 7.92. The number of nitrogens with zero attached hydrogens (tertiary/aromatic N) is 3. The van der Waals surface area contributed by atoms with E-state index in [1.807, 2.05) is 17.9 Å². The molecule has 72 valence electrons. The van der Waals surface area contributed by atoms with Crippen LogP contribution in [0.4, 0.5) is 0 Å². The molecule has 14 heavy (non-hydrogen) atoms. The Morgan fingerprint density at radius 3 is 3.14 bits per heavy atom. The van der Waals surface area contributed by atoms with Gasteiger partial charge in [0.25, 0.3) is 0 Å². The molecule has 0 N–H and O–H groups in total. The van der Waals surface area contributed by atoms with Crippen LogP contribution in [-0.4, -0.2) is 14.8 Å². The second-order valence-corrected chi connectivity index (χ2v) is 4.50. The van der Waals surface area contributed by atoms with E-state index in [1.165, 1.54) is 22.2 Å². The number of aromatic nitrogens is 3. The van der Waals surface area contributed by atoms with Gasteiger partial charge in [-0.15, -0.1) is 0 Å². The number of halogens is 1. The molecule has 0 aliphatic heterocycles. The van der Waals surface area contributed by atoms with Gasteiger partial charge in [0, 0.05) is 17.2 Å². The second-order valence-electron chi connectivity index (χ2n) is 3.71. The standard InChI is InChI=1S/C10H10BrN3/c1-14-10-7(5-12-14)9(11)6-3-2-4-8(6)13-10/h5H,2-4H2,1H3. The first-order valence-corrected chi connectivity index (χ1v) is 5.55. The lowest BCUT2D eigenvalue weighted by Crippen LogP contribution is -1.96. The quantitative estimate of drug-likeness (QED) is 0.719. The fourth-order valence-corrected chi connectivity index (χ4v) is 2.80. The molecule has 0 atom stereocenters. The molecule has 1 aliphatic carbocycles. The fourth-order valence-electron chi connectivity index (χ4n) is 2.10. The van der Waals surface area contributed by atoms with E-state index in [0.29, 0.717) is 0 Å². The normalized spacial score (nSPS) is 15.0. The van der Waals surface area contributed by atoms with Crippen LogP contribution in [0.5, 0.6) is 0 Å². The van der Waals surface area contributed by atoms with Gasteiger partial charge in [0.2, 0.25) is 0 Å². The van der Waals surface area contributed by atoms with Crippen molar-refractivity contribution in [3.8, 4) is 0 Å². The Kier molecular flexibility index (Phi) is 1.68. The topological polar surface area (TPSA) is 30.7 Å². The highest BCUT2D eigenvalue weighted by Crippen LogP contribution is 2.33. The summed E-state index contributed by atoms with van der Waals surface area (Å²) in [5, 5.41) is 5.35. The third-order valence-electron chi connectivity index (χ3n) is 2.84. The van der Waals surface area contributed by atoms with Crippen molar-refractivity contribution in [3.63, 3.8) is 0 Å². The van der Waals surface area contributed by atoms with Crippen molar-refractivity contribution in [2.45, 2.75) is 19.3 Å². The van der Waals surface area contributed by atoms with Crippen LogP contribution in [0.2, 0.25) is 0 Å². The third kappa shape index (κ3) is 0.974. The van der Waals surface area contributed by atoms with Crippen LogP contribution in [0, 0.1) is 0 Å². The predicted octanol–water partition coefficient (Wildman–Crippen LogP) is 2.22. The maximum Gasteiger partial charge on any atom is 0.158 e. The van der Waals surface area contributed by atoms with Gasteiger partial charge in [0.15, 0.2) is 5.65 Å². The van der Waals surface area contributed by atoms with E-state index in [4.69, 9.17) is 0 Å². The van der Waals surface area contributed by atoms with E-state index >= 15 is 0 Å². The number of hydrogen-bond acceptors (Lipinski definition) is 2. The average molecular weight is 252 g/mol. The molecule has 0 saturated heterocycles. The van der Waals surface area contributed by atoms with Crippen molar-refractivity contribution < 1.29 is 0 Å². The summed E-state index contributed by atoms with van der Waals surface area (Å²) in [5.41, 5.74) is 3.61. The summed E-state index contributed by atoms with van der Waals surface area (Å²) in [6.07, 6.45) is 5.36. The van der Waals surface area contributed by atoms with Gasteiger partial charge in [-0.1, -0.05) is 0 Å². The molecule has 0 aromatic carbocycles. The van der Waals surface area contributed by atoms with Crippen molar-refractivity contribution in [3.05, 3.63) is 21.9 Å². The van der Waals surface area contributed by atoms with E-state index in [-0.39, 0.29) is 0 Å². The summed E-state index contributed by atoms with van der Waals surface area (Å²) < 4.78 is 3.03. The van der Waals surface area contributed by atoms with Crippen molar-refractivity contribution in [2.24, 2.45) is 7.05 Å². The Morgan fingerprint density at radius 2 is 2.29 bits per heavy atom. The van der Waals surface area contributed by atoms with Gasteiger partial charge in [-0.05, 0) is 40.8 Å². The molecule has 0 saturated carbocycles. The summed E-state index contributed by atoms with van der Waals surface area (Å²) in [6, 6.07) is 0. The molecule has 0 bridgehead atoms. The van der Waals surface area contributed by atoms with Crippen molar-refractivity contribution >= 4 is 27.0 Å². The summed E-state index contributed by atoms with van der Waals surface area (Å²) in [6.45, 7) is 0. The van der Waals surface area contributed by atoms with Gasteiger partial charge < -0.3 is 0 Å². The van der Waals surface area contributed by atoms with E-state index in [0.717, 1.165) is 23.9 Å². The van der Waals surface area contributed by atoms with Crippen LogP contribution in [0.25, 0.3) is 11.0 Å². The van der Waals surface area contributed by atoms with Gasteiger partial charge in [-0.3, -0.25) is 4.68 Å². The highest BCUT2D eigenvalue weighted by molar-refractivity contribution is 9.10. The van der Waals surface area contributed by atoms with Crippen LogP contribution >= 0.6 is 15.9 Å². The maximum absolute atomic E-state index is 4.65. The lowest BCUT2D eigenvalue weighted by molar-refractivity contribution is 0.782. The number of aryl methyl sites for hydroxylation is 2. The Hall–Kier alpha value is -0.900. The maximum atomic E-state index is 4.65. The molecule has 0 unspecified atom stereocenters. The van der Waals surface area contributed by atoms with Crippen molar-refractivity contribution in [2.75, 3.05) is 0 Å². The number of pyridine rings is 1. The summed E-state index contributed by atoms with van der Waals surface area (Å²) >= 11 is 3.65. The SMILES string of the molecule is Cn1ncc2c(Br)c3c(nc21)CCC3. The molecule has 2 aromatic heterocycles. The van der Waals surface area contributed by atoms with Gasteiger partial charge >= 0.3 is 0 Å². The minimum atomic E-state index is 0.984. The number of hydrogen-bond donors (Lipinski definition) is 0. The van der Waals surface area contributed by atoms with Crippen LogP contribution in [-0.2, 0) is 19.9 Å². The zero-order valence-corrected chi connectivity index (χ0v) is 9.50. The second kappa shape index (κ2) is 2.79. The largest absolute Gasteiger partial charge is 0.250 e. The minimum absolute atomic E-state index is 0.984. The van der Waals surface area contributed by atoms with E-state index < -0.39 is 0 Å². The first kappa shape index (κ1) is 8.41. The molecule has 0 fully saturated rings. The monoisotopic (exact) mass is 251 g/mol. The van der Waals surface area contributed by atoms with Gasteiger partial charge in [0.1, 0.15) is 0 Å². The number of fused-ring (bicyclic) bond motifs is 2. The zero-order chi connectivity index (χ0) is 9.71. The molecule has 0 amide bonds. The van der Waals surface area contributed by atoms with E-state index in [9.17, 15) is 0 Å². The van der Waals surface area contributed by atoms with Crippen molar-refractivity contribution in [1.82, 2.24) is 14.8 Å². The smallest absolute Gasteiger partial charge is 0.158 e. The summed E-state index contributed by atoms with van der Waals surface area (Å²) in [7, 11) is 1.93. The molecule has 1 aliphatic rings. The predicted molar refractivity (Wildman–Crippen MR) is 58.2 cm³/mol.